The van der Waals surface area contributed by atoms with Crippen molar-refractivity contribution in [2.24, 2.45) is 5.92 Å². The minimum Gasteiger partial charge on any atom is -0.476 e. The molecule has 1 aliphatic carbocycles. The summed E-state index contributed by atoms with van der Waals surface area (Å²) in [4.78, 5) is 4.29. The van der Waals surface area contributed by atoms with Crippen LogP contribution in [0, 0.1) is 5.92 Å². The lowest BCUT2D eigenvalue weighted by Gasteiger charge is -2.31. The molecule has 0 radical (unpaired) electrons. The standard InChI is InChI=1S/C12H19N3O2/c1-2-17-12-10(13)3-4-11(15-12)14-7-8-5-9(16)6-8/h3-4,8-9,16H,2,5-7,13H2,1H3,(H,14,15). The van der Waals surface area contributed by atoms with Gasteiger partial charge in [0.1, 0.15) is 5.82 Å². The van der Waals surface area contributed by atoms with Crippen LogP contribution >= 0.6 is 0 Å². The van der Waals surface area contributed by atoms with Crippen molar-refractivity contribution >= 4 is 11.5 Å². The number of anilines is 2. The number of ether oxygens (including phenoxy) is 1. The maximum atomic E-state index is 9.19. The number of hydrogen-bond donors (Lipinski definition) is 3. The molecule has 0 aromatic carbocycles. The number of aliphatic hydroxyl groups excluding tert-OH is 1. The lowest BCUT2D eigenvalue weighted by molar-refractivity contribution is 0.0486. The van der Waals surface area contributed by atoms with Gasteiger partial charge in [-0.15, -0.1) is 0 Å². The molecule has 94 valence electrons. The highest BCUT2D eigenvalue weighted by atomic mass is 16.5. The van der Waals surface area contributed by atoms with Crippen LogP contribution in [0.5, 0.6) is 5.88 Å². The third-order valence-electron chi connectivity index (χ3n) is 2.95. The molecular weight excluding hydrogens is 218 g/mol. The third-order valence-corrected chi connectivity index (χ3v) is 2.95. The van der Waals surface area contributed by atoms with Gasteiger partial charge in [-0.25, -0.2) is 0 Å². The van der Waals surface area contributed by atoms with E-state index in [9.17, 15) is 5.11 Å². The normalized spacial score (nSPS) is 22.9. The van der Waals surface area contributed by atoms with Crippen LogP contribution in [0.4, 0.5) is 11.5 Å². The van der Waals surface area contributed by atoms with E-state index in [4.69, 9.17) is 10.5 Å². The lowest BCUT2D eigenvalue weighted by atomic mass is 9.82. The van der Waals surface area contributed by atoms with Gasteiger partial charge in [0.05, 0.1) is 18.4 Å². The molecule has 1 heterocycles. The molecule has 0 unspecified atom stereocenters. The fourth-order valence-electron chi connectivity index (χ4n) is 1.92. The highest BCUT2D eigenvalue weighted by Crippen LogP contribution is 2.27. The zero-order chi connectivity index (χ0) is 12.3. The number of rotatable bonds is 5. The van der Waals surface area contributed by atoms with Crippen molar-refractivity contribution in [3.8, 4) is 5.88 Å². The van der Waals surface area contributed by atoms with Crippen LogP contribution in [0.3, 0.4) is 0 Å². The maximum Gasteiger partial charge on any atom is 0.239 e. The number of nitrogens with two attached hydrogens (primary N) is 1. The molecule has 5 heteroatoms. The van der Waals surface area contributed by atoms with Crippen LogP contribution in [0.25, 0.3) is 0 Å². The van der Waals surface area contributed by atoms with Gasteiger partial charge in [0, 0.05) is 6.54 Å². The topological polar surface area (TPSA) is 80.4 Å². The largest absolute Gasteiger partial charge is 0.476 e. The fraction of sp³-hybridized carbons (Fsp3) is 0.583. The van der Waals surface area contributed by atoms with Crippen molar-refractivity contribution in [3.05, 3.63) is 12.1 Å². The number of nitrogen functional groups attached to an aromatic ring is 1. The summed E-state index contributed by atoms with van der Waals surface area (Å²) >= 11 is 0. The Labute approximate surface area is 101 Å². The smallest absolute Gasteiger partial charge is 0.239 e. The first-order valence-corrected chi connectivity index (χ1v) is 6.00. The predicted molar refractivity (Wildman–Crippen MR) is 67.0 cm³/mol. The number of aliphatic hydroxyl groups is 1. The van der Waals surface area contributed by atoms with Gasteiger partial charge in [0.2, 0.25) is 5.88 Å². The van der Waals surface area contributed by atoms with E-state index < -0.39 is 0 Å². The average molecular weight is 237 g/mol. The Morgan fingerprint density at radius 1 is 1.53 bits per heavy atom. The summed E-state index contributed by atoms with van der Waals surface area (Å²) in [5.74, 6) is 1.79. The molecule has 2 rings (SSSR count). The Morgan fingerprint density at radius 2 is 2.29 bits per heavy atom. The van der Waals surface area contributed by atoms with E-state index in [0.717, 1.165) is 25.2 Å². The zero-order valence-corrected chi connectivity index (χ0v) is 10.0. The molecule has 1 aromatic rings. The van der Waals surface area contributed by atoms with Gasteiger partial charge >= 0.3 is 0 Å². The van der Waals surface area contributed by atoms with Gasteiger partial charge in [-0.1, -0.05) is 0 Å². The monoisotopic (exact) mass is 237 g/mol. The second-order valence-electron chi connectivity index (χ2n) is 4.40. The number of hydrogen-bond acceptors (Lipinski definition) is 5. The van der Waals surface area contributed by atoms with Crippen molar-refractivity contribution in [2.45, 2.75) is 25.9 Å². The minimum atomic E-state index is -0.111. The van der Waals surface area contributed by atoms with Crippen LogP contribution < -0.4 is 15.8 Å². The van der Waals surface area contributed by atoms with E-state index in [1.165, 1.54) is 0 Å². The van der Waals surface area contributed by atoms with E-state index in [1.807, 2.05) is 13.0 Å². The van der Waals surface area contributed by atoms with Gasteiger partial charge in [0.25, 0.3) is 0 Å². The number of nitrogens with one attached hydrogen (secondary N) is 1. The van der Waals surface area contributed by atoms with Crippen LogP contribution in [0.15, 0.2) is 12.1 Å². The number of nitrogens with zero attached hydrogens (tertiary/aromatic N) is 1. The molecule has 0 amide bonds. The van der Waals surface area contributed by atoms with E-state index >= 15 is 0 Å². The average Bonchev–Trinajstić information content (AvgIpc) is 2.27. The molecule has 0 bridgehead atoms. The van der Waals surface area contributed by atoms with Crippen LogP contribution in [-0.2, 0) is 0 Å². The first kappa shape index (κ1) is 12.0. The summed E-state index contributed by atoms with van der Waals surface area (Å²) < 4.78 is 5.33. The Bertz CT molecular complexity index is 378. The van der Waals surface area contributed by atoms with Crippen LogP contribution in [0.2, 0.25) is 0 Å². The quantitative estimate of drug-likeness (QED) is 0.718. The van der Waals surface area contributed by atoms with Crippen molar-refractivity contribution in [2.75, 3.05) is 24.2 Å². The van der Waals surface area contributed by atoms with E-state index in [-0.39, 0.29) is 6.10 Å². The number of pyridine rings is 1. The summed E-state index contributed by atoms with van der Waals surface area (Å²) in [5, 5.41) is 12.4. The summed E-state index contributed by atoms with van der Waals surface area (Å²) in [7, 11) is 0. The van der Waals surface area contributed by atoms with Crippen molar-refractivity contribution in [3.63, 3.8) is 0 Å². The molecule has 0 saturated heterocycles. The van der Waals surface area contributed by atoms with Gasteiger partial charge in [-0.3, -0.25) is 0 Å². The summed E-state index contributed by atoms with van der Waals surface area (Å²) in [6, 6.07) is 3.63. The van der Waals surface area contributed by atoms with Gasteiger partial charge in [-0.2, -0.15) is 4.98 Å². The van der Waals surface area contributed by atoms with Crippen LogP contribution in [-0.4, -0.2) is 29.3 Å². The van der Waals surface area contributed by atoms with Crippen molar-refractivity contribution in [1.29, 1.82) is 0 Å². The second-order valence-corrected chi connectivity index (χ2v) is 4.40. The summed E-state index contributed by atoms with van der Waals surface area (Å²) in [6.45, 7) is 3.28. The summed E-state index contributed by atoms with van der Waals surface area (Å²) in [6.07, 6.45) is 1.64. The Morgan fingerprint density at radius 3 is 2.94 bits per heavy atom. The molecule has 1 aromatic heterocycles. The molecular formula is C12H19N3O2. The van der Waals surface area contributed by atoms with E-state index in [2.05, 4.69) is 10.3 Å². The second kappa shape index (κ2) is 5.23. The first-order valence-electron chi connectivity index (χ1n) is 6.00. The molecule has 0 aliphatic heterocycles. The predicted octanol–water partition coefficient (Wildman–Crippen LogP) is 1.25. The van der Waals surface area contributed by atoms with Crippen LogP contribution in [0.1, 0.15) is 19.8 Å². The Hall–Kier alpha value is -1.49. The molecule has 1 fully saturated rings. The zero-order valence-electron chi connectivity index (χ0n) is 10.0. The molecule has 0 spiro atoms. The minimum absolute atomic E-state index is 0.111. The first-order chi connectivity index (χ1) is 8.19. The molecule has 5 nitrogen and oxygen atoms in total. The Kier molecular flexibility index (Phi) is 3.68. The lowest BCUT2D eigenvalue weighted by Crippen LogP contribution is -2.33. The fourth-order valence-corrected chi connectivity index (χ4v) is 1.92. The maximum absolute atomic E-state index is 9.19. The number of aromatic nitrogens is 1. The van der Waals surface area contributed by atoms with Crippen molar-refractivity contribution < 1.29 is 9.84 Å². The Balaban J connectivity index is 1.89. The highest BCUT2D eigenvalue weighted by Gasteiger charge is 2.26. The van der Waals surface area contributed by atoms with Crippen molar-refractivity contribution in [1.82, 2.24) is 4.98 Å². The molecule has 1 saturated carbocycles. The van der Waals surface area contributed by atoms with Gasteiger partial charge in [-0.05, 0) is 37.8 Å². The molecule has 1 aliphatic rings. The molecule has 0 atom stereocenters. The molecule has 17 heavy (non-hydrogen) atoms. The molecule has 4 N–H and O–H groups in total. The SMILES string of the molecule is CCOc1nc(NCC2CC(O)C2)ccc1N. The highest BCUT2D eigenvalue weighted by molar-refractivity contribution is 5.53. The van der Waals surface area contributed by atoms with Gasteiger partial charge < -0.3 is 20.9 Å². The van der Waals surface area contributed by atoms with E-state index in [0.29, 0.717) is 24.1 Å². The van der Waals surface area contributed by atoms with Gasteiger partial charge in [0.15, 0.2) is 0 Å². The summed E-state index contributed by atoms with van der Waals surface area (Å²) in [5.41, 5.74) is 6.29. The third kappa shape index (κ3) is 3.00. The van der Waals surface area contributed by atoms with E-state index in [1.54, 1.807) is 6.07 Å².